The first-order chi connectivity index (χ1) is 15.4. The number of rotatable bonds is 3. The van der Waals surface area contributed by atoms with Crippen molar-refractivity contribution in [1.29, 1.82) is 0 Å². The van der Waals surface area contributed by atoms with Gasteiger partial charge in [0.15, 0.2) is 0 Å². The lowest BCUT2D eigenvalue weighted by atomic mass is 10.1. The molecule has 1 aromatic carbocycles. The molecule has 5 amide bonds. The summed E-state index contributed by atoms with van der Waals surface area (Å²) in [6.07, 6.45) is 2.40. The highest BCUT2D eigenvalue weighted by atomic mass is 35.5. The Morgan fingerprint density at radius 1 is 0.938 bits per heavy atom. The number of amides is 5. The summed E-state index contributed by atoms with van der Waals surface area (Å²) in [7, 11) is 1.46. The maximum atomic E-state index is 12.9. The van der Waals surface area contributed by atoms with Crippen LogP contribution in [-0.2, 0) is 9.63 Å². The molecule has 3 fully saturated rings. The van der Waals surface area contributed by atoms with Crippen LogP contribution < -0.4 is 4.90 Å². The fraction of sp³-hybridized carbons (Fsp3) is 0.524. The number of piperidine rings is 1. The first kappa shape index (κ1) is 22.2. The number of anilines is 1. The number of likely N-dealkylation sites (N-methyl/N-ethyl adjacent to an activating group) is 1. The van der Waals surface area contributed by atoms with Crippen LogP contribution in [0.25, 0.3) is 0 Å². The van der Waals surface area contributed by atoms with E-state index in [1.54, 1.807) is 6.07 Å². The monoisotopic (exact) mass is 463 g/mol. The lowest BCUT2D eigenvalue weighted by molar-refractivity contribution is -0.149. The van der Waals surface area contributed by atoms with Crippen LogP contribution in [0.2, 0.25) is 5.02 Å². The van der Waals surface area contributed by atoms with Crippen LogP contribution in [0, 0.1) is 0 Å². The number of hydrogen-bond acceptors (Lipinski definition) is 6. The number of nitrogens with zero attached hydrogens (tertiary/aromatic N) is 5. The van der Waals surface area contributed by atoms with Crippen LogP contribution in [0.1, 0.15) is 29.6 Å². The summed E-state index contributed by atoms with van der Waals surface area (Å²) in [5.74, 6) is -0.630. The van der Waals surface area contributed by atoms with Gasteiger partial charge in [0.05, 0.1) is 16.3 Å². The van der Waals surface area contributed by atoms with E-state index >= 15 is 0 Å². The molecule has 0 spiro atoms. The van der Waals surface area contributed by atoms with Crippen molar-refractivity contribution in [3.05, 3.63) is 28.8 Å². The number of hydroxylamine groups is 2. The number of likely N-dealkylation sites (tertiary alicyclic amines) is 1. The van der Waals surface area contributed by atoms with Gasteiger partial charge in [0.25, 0.3) is 11.8 Å². The van der Waals surface area contributed by atoms with Gasteiger partial charge in [0.2, 0.25) is 0 Å². The normalized spacial score (nSPS) is 19.6. The Balaban J connectivity index is 1.38. The third-order valence-electron chi connectivity index (χ3n) is 6.00. The zero-order valence-electron chi connectivity index (χ0n) is 18.0. The smallest absolute Gasteiger partial charge is 0.367 e. The fourth-order valence-corrected chi connectivity index (χ4v) is 4.48. The van der Waals surface area contributed by atoms with E-state index in [1.807, 2.05) is 21.9 Å². The van der Waals surface area contributed by atoms with Crippen molar-refractivity contribution in [3.8, 4) is 0 Å². The molecule has 0 aromatic heterocycles. The highest BCUT2D eigenvalue weighted by molar-refractivity contribution is 6.36. The van der Waals surface area contributed by atoms with Gasteiger partial charge in [-0.2, -0.15) is 0 Å². The molecular formula is C21H26ClN5O5. The molecule has 11 heteroatoms. The van der Waals surface area contributed by atoms with E-state index < -0.39 is 18.0 Å². The third kappa shape index (κ3) is 4.32. The van der Waals surface area contributed by atoms with Gasteiger partial charge in [-0.3, -0.25) is 9.59 Å². The SMILES string of the molecule is CN1CC(=O)N(OC(=O)N2CCN(c3cccc(C(=O)N4CCCCC4)c3Cl)CC2)C1=O. The third-order valence-corrected chi connectivity index (χ3v) is 6.40. The summed E-state index contributed by atoms with van der Waals surface area (Å²) < 4.78 is 0. The van der Waals surface area contributed by atoms with Gasteiger partial charge in [-0.05, 0) is 31.4 Å². The van der Waals surface area contributed by atoms with Gasteiger partial charge in [0.1, 0.15) is 6.54 Å². The summed E-state index contributed by atoms with van der Waals surface area (Å²) in [5, 5.41) is 0.914. The summed E-state index contributed by atoms with van der Waals surface area (Å²) in [6, 6.07) is 4.77. The fourth-order valence-electron chi connectivity index (χ4n) is 4.15. The minimum absolute atomic E-state index is 0.0521. The Labute approximate surface area is 191 Å². The zero-order chi connectivity index (χ0) is 22.8. The van der Waals surface area contributed by atoms with Crippen LogP contribution >= 0.6 is 11.6 Å². The predicted octanol–water partition coefficient (Wildman–Crippen LogP) is 2.03. The summed E-state index contributed by atoms with van der Waals surface area (Å²) >= 11 is 6.63. The molecule has 0 atom stereocenters. The minimum Gasteiger partial charge on any atom is -0.367 e. The largest absolute Gasteiger partial charge is 0.434 e. The predicted molar refractivity (Wildman–Crippen MR) is 116 cm³/mol. The van der Waals surface area contributed by atoms with E-state index in [9.17, 15) is 19.2 Å². The quantitative estimate of drug-likeness (QED) is 0.637. The summed E-state index contributed by atoms with van der Waals surface area (Å²) in [4.78, 5) is 60.5. The molecule has 3 saturated heterocycles. The van der Waals surface area contributed by atoms with Gasteiger partial charge in [-0.1, -0.05) is 22.7 Å². The van der Waals surface area contributed by atoms with Crippen molar-refractivity contribution in [3.63, 3.8) is 0 Å². The molecule has 3 aliphatic rings. The number of hydrogen-bond donors (Lipinski definition) is 0. The molecule has 3 heterocycles. The molecule has 0 N–H and O–H groups in total. The number of carbonyl (C=O) groups is 4. The number of carbonyl (C=O) groups excluding carboxylic acids is 4. The standard InChI is InChI=1S/C21H26ClN5O5/c1-23-14-17(28)27(20(23)30)32-21(31)26-12-10-24(11-13-26)16-7-5-6-15(18(16)22)19(29)25-8-3-2-4-9-25/h5-7H,2-4,8-14H2,1H3. The molecule has 0 bridgehead atoms. The maximum Gasteiger partial charge on any atom is 0.434 e. The van der Waals surface area contributed by atoms with E-state index in [0.717, 1.165) is 38.0 Å². The Morgan fingerprint density at radius 2 is 1.62 bits per heavy atom. The van der Waals surface area contributed by atoms with Gasteiger partial charge in [0, 0.05) is 46.3 Å². The Hall–Kier alpha value is -3.01. The first-order valence-corrected chi connectivity index (χ1v) is 11.1. The average Bonchev–Trinajstić information content (AvgIpc) is 3.05. The number of imide groups is 1. The highest BCUT2D eigenvalue weighted by Gasteiger charge is 2.38. The van der Waals surface area contributed by atoms with Crippen molar-refractivity contribution in [2.45, 2.75) is 19.3 Å². The molecule has 32 heavy (non-hydrogen) atoms. The second-order valence-electron chi connectivity index (χ2n) is 8.15. The van der Waals surface area contributed by atoms with Crippen LogP contribution in [0.5, 0.6) is 0 Å². The summed E-state index contributed by atoms with van der Waals surface area (Å²) in [5.41, 5.74) is 1.23. The molecule has 10 nitrogen and oxygen atoms in total. The molecule has 0 radical (unpaired) electrons. The van der Waals surface area contributed by atoms with E-state index in [2.05, 4.69) is 0 Å². The molecular weight excluding hydrogens is 438 g/mol. The van der Waals surface area contributed by atoms with E-state index in [0.29, 0.717) is 41.8 Å². The van der Waals surface area contributed by atoms with Crippen molar-refractivity contribution < 1.29 is 24.0 Å². The van der Waals surface area contributed by atoms with E-state index in [1.165, 1.54) is 16.8 Å². The van der Waals surface area contributed by atoms with Crippen LogP contribution in [0.4, 0.5) is 15.3 Å². The number of halogens is 1. The molecule has 0 aliphatic carbocycles. The lowest BCUT2D eigenvalue weighted by Crippen LogP contribution is -2.50. The molecule has 4 rings (SSSR count). The molecule has 1 aromatic rings. The minimum atomic E-state index is -0.748. The highest BCUT2D eigenvalue weighted by Crippen LogP contribution is 2.31. The van der Waals surface area contributed by atoms with Crippen molar-refractivity contribution in [2.24, 2.45) is 0 Å². The maximum absolute atomic E-state index is 12.9. The van der Waals surface area contributed by atoms with Gasteiger partial charge in [-0.15, -0.1) is 0 Å². The molecule has 3 aliphatic heterocycles. The zero-order valence-corrected chi connectivity index (χ0v) is 18.7. The first-order valence-electron chi connectivity index (χ1n) is 10.7. The molecule has 172 valence electrons. The van der Waals surface area contributed by atoms with E-state index in [-0.39, 0.29) is 12.5 Å². The van der Waals surface area contributed by atoms with Crippen LogP contribution in [0.3, 0.4) is 0 Å². The van der Waals surface area contributed by atoms with E-state index in [4.69, 9.17) is 16.4 Å². The van der Waals surface area contributed by atoms with Crippen molar-refractivity contribution >= 4 is 41.2 Å². The van der Waals surface area contributed by atoms with Crippen LogP contribution in [0.15, 0.2) is 18.2 Å². The van der Waals surface area contributed by atoms with Crippen LogP contribution in [-0.4, -0.2) is 96.6 Å². The Kier molecular flexibility index (Phi) is 6.40. The second kappa shape index (κ2) is 9.23. The topological polar surface area (TPSA) is 93.7 Å². The average molecular weight is 464 g/mol. The number of urea groups is 1. The molecule has 0 unspecified atom stereocenters. The van der Waals surface area contributed by atoms with Crippen molar-refractivity contribution in [1.82, 2.24) is 19.8 Å². The lowest BCUT2D eigenvalue weighted by Gasteiger charge is -2.36. The Morgan fingerprint density at radius 3 is 2.25 bits per heavy atom. The number of piperazine rings is 1. The second-order valence-corrected chi connectivity index (χ2v) is 8.53. The van der Waals surface area contributed by atoms with Crippen molar-refractivity contribution in [2.75, 3.05) is 57.8 Å². The Bertz CT molecular complexity index is 927. The van der Waals surface area contributed by atoms with Gasteiger partial charge < -0.3 is 24.4 Å². The summed E-state index contributed by atoms with van der Waals surface area (Å²) in [6.45, 7) is 2.97. The number of benzene rings is 1. The van der Waals surface area contributed by atoms with Gasteiger partial charge in [-0.25, -0.2) is 9.59 Å². The van der Waals surface area contributed by atoms with Gasteiger partial charge >= 0.3 is 12.1 Å². The molecule has 0 saturated carbocycles.